The van der Waals surface area contributed by atoms with Crippen LogP contribution in [0.25, 0.3) is 10.9 Å². The fourth-order valence-electron chi connectivity index (χ4n) is 5.06. The van der Waals surface area contributed by atoms with Crippen LogP contribution < -0.4 is 4.90 Å². The zero-order chi connectivity index (χ0) is 23.0. The molecule has 168 valence electrons. The molecule has 1 unspecified atom stereocenters. The van der Waals surface area contributed by atoms with Gasteiger partial charge in [-0.25, -0.2) is 13.8 Å². The Morgan fingerprint density at radius 2 is 1.85 bits per heavy atom. The zero-order valence-electron chi connectivity index (χ0n) is 18.0. The Labute approximate surface area is 190 Å². The summed E-state index contributed by atoms with van der Waals surface area (Å²) in [6, 6.07) is 14.0. The van der Waals surface area contributed by atoms with E-state index in [-0.39, 0.29) is 30.0 Å². The number of fused-ring (bicyclic) bond motifs is 3. The first-order valence-electron chi connectivity index (χ1n) is 11.1. The number of benzene rings is 1. The van der Waals surface area contributed by atoms with Crippen molar-refractivity contribution in [3.63, 3.8) is 0 Å². The van der Waals surface area contributed by atoms with Gasteiger partial charge in [0.2, 0.25) is 5.91 Å². The number of amides is 1. The van der Waals surface area contributed by atoms with Crippen molar-refractivity contribution >= 4 is 22.6 Å². The summed E-state index contributed by atoms with van der Waals surface area (Å²) in [7, 11) is 0. The van der Waals surface area contributed by atoms with Crippen molar-refractivity contribution in [3.05, 3.63) is 66.0 Å². The minimum absolute atomic E-state index is 0.0855. The van der Waals surface area contributed by atoms with Gasteiger partial charge in [-0.15, -0.1) is 0 Å². The lowest BCUT2D eigenvalue weighted by Crippen LogP contribution is -2.55. The summed E-state index contributed by atoms with van der Waals surface area (Å²) < 4.78 is 30.2. The van der Waals surface area contributed by atoms with Crippen molar-refractivity contribution in [1.29, 1.82) is 5.26 Å². The monoisotopic (exact) mass is 447 g/mol. The van der Waals surface area contributed by atoms with Crippen molar-refractivity contribution in [2.45, 2.75) is 43.7 Å². The highest BCUT2D eigenvalue weighted by Gasteiger charge is 2.42. The number of hydrogen-bond acceptors (Lipinski definition) is 5. The molecule has 0 radical (unpaired) electrons. The van der Waals surface area contributed by atoms with Gasteiger partial charge in [-0.05, 0) is 37.1 Å². The third-order valence-electron chi connectivity index (χ3n) is 6.67. The number of carbonyl (C=O) groups is 1. The van der Waals surface area contributed by atoms with Gasteiger partial charge in [-0.3, -0.25) is 9.78 Å². The third kappa shape index (κ3) is 3.99. The van der Waals surface area contributed by atoms with Crippen LogP contribution in [0.1, 0.15) is 36.8 Å². The molecule has 0 aliphatic carbocycles. The number of likely N-dealkylation sites (tertiary alicyclic amines) is 1. The first-order valence-corrected chi connectivity index (χ1v) is 11.1. The Morgan fingerprint density at radius 3 is 2.55 bits per heavy atom. The van der Waals surface area contributed by atoms with E-state index in [0.29, 0.717) is 29.6 Å². The summed E-state index contributed by atoms with van der Waals surface area (Å²) in [6.45, 7) is 1.00. The first-order chi connectivity index (χ1) is 16.0. The largest absolute Gasteiger partial charge is 0.347 e. The summed E-state index contributed by atoms with van der Waals surface area (Å²) in [5.41, 5.74) is 0.936. The topological polar surface area (TPSA) is 73.1 Å². The summed E-state index contributed by atoms with van der Waals surface area (Å²) in [6.07, 6.45) is 4.05. The Bertz CT molecular complexity index is 1200. The minimum Gasteiger partial charge on any atom is -0.347 e. The highest BCUT2D eigenvalue weighted by molar-refractivity contribution is 5.83. The third-order valence-corrected chi connectivity index (χ3v) is 6.67. The number of piperazine rings is 1. The molecule has 4 heterocycles. The molecule has 5 rings (SSSR count). The highest BCUT2D eigenvalue weighted by Crippen LogP contribution is 2.38. The van der Waals surface area contributed by atoms with Crippen molar-refractivity contribution < 1.29 is 13.6 Å². The lowest BCUT2D eigenvalue weighted by atomic mass is 9.99. The average molecular weight is 447 g/mol. The lowest BCUT2D eigenvalue weighted by Gasteiger charge is -2.42. The molecule has 0 spiro atoms. The molecule has 1 aromatic carbocycles. The molecule has 2 saturated heterocycles. The molecule has 2 aromatic heterocycles. The van der Waals surface area contributed by atoms with Crippen LogP contribution in [0.4, 0.5) is 14.6 Å². The maximum Gasteiger partial charge on any atom is 0.274 e. The van der Waals surface area contributed by atoms with Gasteiger partial charge in [0.25, 0.3) is 5.92 Å². The Kier molecular flexibility index (Phi) is 5.41. The summed E-state index contributed by atoms with van der Waals surface area (Å²) >= 11 is 0. The predicted molar refractivity (Wildman–Crippen MR) is 120 cm³/mol. The molecule has 2 atom stereocenters. The number of para-hydroxylation sites is 1. The number of hydrogen-bond donors (Lipinski definition) is 0. The maximum absolute atomic E-state index is 15.1. The van der Waals surface area contributed by atoms with Crippen molar-refractivity contribution in [3.8, 4) is 6.07 Å². The van der Waals surface area contributed by atoms with Gasteiger partial charge in [0.05, 0.1) is 11.1 Å². The second-order valence-electron chi connectivity index (χ2n) is 8.69. The fourth-order valence-corrected chi connectivity index (χ4v) is 5.06. The average Bonchev–Trinajstić information content (AvgIpc) is 3.11. The molecular formula is C25H23F2N5O. The molecule has 0 saturated carbocycles. The van der Waals surface area contributed by atoms with E-state index in [1.54, 1.807) is 41.4 Å². The smallest absolute Gasteiger partial charge is 0.274 e. The van der Waals surface area contributed by atoms with E-state index < -0.39 is 12.3 Å². The van der Waals surface area contributed by atoms with Gasteiger partial charge in [-0.1, -0.05) is 18.2 Å². The quantitative estimate of drug-likeness (QED) is 0.585. The van der Waals surface area contributed by atoms with Crippen molar-refractivity contribution in [2.75, 3.05) is 18.0 Å². The SMILES string of the molecule is N#Cc1ccc(N2C3CC[C@H]2CN(C(=O)CCC(F)(F)c2ccnc4ccccc24)C3)nc1. The number of nitrogens with zero attached hydrogens (tertiary/aromatic N) is 5. The summed E-state index contributed by atoms with van der Waals surface area (Å²) in [4.78, 5) is 25.4. The van der Waals surface area contributed by atoms with Crippen LogP contribution in [0, 0.1) is 11.3 Å². The van der Waals surface area contributed by atoms with E-state index in [9.17, 15) is 4.79 Å². The number of nitriles is 1. The molecular weight excluding hydrogens is 424 g/mol. The van der Waals surface area contributed by atoms with Gasteiger partial charge >= 0.3 is 0 Å². The van der Waals surface area contributed by atoms with Gasteiger partial charge in [0, 0.05) is 61.4 Å². The van der Waals surface area contributed by atoms with Crippen LogP contribution in [0.5, 0.6) is 0 Å². The highest BCUT2D eigenvalue weighted by atomic mass is 19.3. The molecule has 6 nitrogen and oxygen atoms in total. The number of carbonyl (C=O) groups excluding carboxylic acids is 1. The fraction of sp³-hybridized carbons (Fsp3) is 0.360. The number of rotatable bonds is 5. The van der Waals surface area contributed by atoms with E-state index in [2.05, 4.69) is 20.9 Å². The Hall–Kier alpha value is -3.60. The Balaban J connectivity index is 1.25. The van der Waals surface area contributed by atoms with E-state index in [4.69, 9.17) is 5.26 Å². The van der Waals surface area contributed by atoms with E-state index in [0.717, 1.165) is 18.7 Å². The summed E-state index contributed by atoms with van der Waals surface area (Å²) in [5.74, 6) is -2.56. The summed E-state index contributed by atoms with van der Waals surface area (Å²) in [5, 5.41) is 9.40. The van der Waals surface area contributed by atoms with E-state index >= 15 is 8.78 Å². The van der Waals surface area contributed by atoms with Gasteiger partial charge in [0.15, 0.2) is 0 Å². The van der Waals surface area contributed by atoms with Crippen LogP contribution in [-0.2, 0) is 10.7 Å². The normalized spacial score (nSPS) is 20.2. The van der Waals surface area contributed by atoms with Gasteiger partial charge < -0.3 is 9.80 Å². The van der Waals surface area contributed by atoms with Gasteiger partial charge in [0.1, 0.15) is 11.9 Å². The second-order valence-corrected chi connectivity index (χ2v) is 8.69. The van der Waals surface area contributed by atoms with Crippen LogP contribution in [0.15, 0.2) is 54.9 Å². The number of halogens is 2. The van der Waals surface area contributed by atoms with Crippen molar-refractivity contribution in [1.82, 2.24) is 14.9 Å². The standard InChI is InChI=1S/C25H23F2N5O/c26-25(27,21-10-12-29-22-4-2-1-3-20(21)22)11-9-24(33)31-15-18-6-7-19(16-31)32(18)23-8-5-17(13-28)14-30-23/h1-5,8,10,12,14,18-19H,6-7,9,11,15-16H2/t18-,19?/m0/s1. The Morgan fingerprint density at radius 1 is 1.09 bits per heavy atom. The molecule has 33 heavy (non-hydrogen) atoms. The molecule has 0 N–H and O–H groups in total. The van der Waals surface area contributed by atoms with E-state index in [1.165, 1.54) is 12.3 Å². The number of pyridine rings is 2. The second kappa shape index (κ2) is 8.39. The molecule has 2 bridgehead atoms. The molecule has 1 amide bonds. The van der Waals surface area contributed by atoms with E-state index in [1.807, 2.05) is 6.07 Å². The molecule has 2 aliphatic rings. The number of anilines is 1. The van der Waals surface area contributed by atoms with Crippen LogP contribution in [0.2, 0.25) is 0 Å². The molecule has 8 heteroatoms. The van der Waals surface area contributed by atoms with Gasteiger partial charge in [-0.2, -0.15) is 5.26 Å². The first kappa shape index (κ1) is 21.3. The predicted octanol–water partition coefficient (Wildman–Crippen LogP) is 4.25. The number of aromatic nitrogens is 2. The molecule has 2 aliphatic heterocycles. The minimum atomic E-state index is -3.12. The van der Waals surface area contributed by atoms with Crippen molar-refractivity contribution in [2.24, 2.45) is 0 Å². The van der Waals surface area contributed by atoms with Crippen LogP contribution >= 0.6 is 0 Å². The lowest BCUT2D eigenvalue weighted by molar-refractivity contribution is -0.134. The number of alkyl halides is 2. The maximum atomic E-state index is 15.1. The van der Waals surface area contributed by atoms with Crippen LogP contribution in [0.3, 0.4) is 0 Å². The zero-order valence-corrected chi connectivity index (χ0v) is 18.0. The molecule has 3 aromatic rings. The van der Waals surface area contributed by atoms with Crippen LogP contribution in [-0.4, -0.2) is 45.9 Å². The molecule has 2 fully saturated rings.